The molecule has 0 saturated heterocycles. The van der Waals surface area contributed by atoms with E-state index < -0.39 is 0 Å². The Morgan fingerprint density at radius 2 is 2.20 bits per heavy atom. The maximum absolute atomic E-state index is 4.60. The molecule has 0 unspecified atom stereocenters. The van der Waals surface area contributed by atoms with E-state index in [0.717, 1.165) is 49.6 Å². The number of fused-ring (bicyclic) bond motifs is 1. The largest absolute Gasteiger partial charge is 0.357 e. The van der Waals surface area contributed by atoms with Crippen LogP contribution in [0.4, 0.5) is 0 Å². The van der Waals surface area contributed by atoms with Crippen LogP contribution in [0.15, 0.2) is 4.99 Å². The van der Waals surface area contributed by atoms with Crippen LogP contribution in [0.5, 0.6) is 0 Å². The monoisotopic (exact) mass is 390 g/mol. The molecule has 0 radical (unpaired) electrons. The van der Waals surface area contributed by atoms with Crippen molar-refractivity contribution < 1.29 is 0 Å². The molecule has 20 heavy (non-hydrogen) atoms. The fraction of sp³-hybridized carbons (Fsp3) is 0.769. The molecular formula is C13H23IN6. The number of rotatable bonds is 5. The first-order chi connectivity index (χ1) is 9.36. The lowest BCUT2D eigenvalue weighted by Crippen LogP contribution is -2.38. The first kappa shape index (κ1) is 15.5. The van der Waals surface area contributed by atoms with Gasteiger partial charge in [0.05, 0.1) is 0 Å². The standard InChI is InChI=1S/C13H22N6.HI/c1-2-14-13(15-8-10-5-6-10)16-9-12-18-17-11-4-3-7-19(11)12;/h10H,2-9H2,1H3,(H2,14,15,16);1H. The predicted molar refractivity (Wildman–Crippen MR) is 89.3 cm³/mol. The zero-order valence-corrected chi connectivity index (χ0v) is 14.3. The average molecular weight is 390 g/mol. The summed E-state index contributed by atoms with van der Waals surface area (Å²) in [6.45, 7) is 5.65. The van der Waals surface area contributed by atoms with Crippen LogP contribution in [0.3, 0.4) is 0 Å². The van der Waals surface area contributed by atoms with Gasteiger partial charge in [-0.1, -0.05) is 0 Å². The Kier molecular flexibility index (Phi) is 5.62. The van der Waals surface area contributed by atoms with Crippen LogP contribution in [-0.2, 0) is 19.5 Å². The lowest BCUT2D eigenvalue weighted by molar-refractivity contribution is 0.681. The molecule has 2 aliphatic rings. The molecule has 3 rings (SSSR count). The summed E-state index contributed by atoms with van der Waals surface area (Å²) < 4.78 is 2.20. The molecule has 1 aliphatic heterocycles. The van der Waals surface area contributed by atoms with E-state index in [9.17, 15) is 0 Å². The summed E-state index contributed by atoms with van der Waals surface area (Å²) in [4.78, 5) is 4.60. The number of nitrogens with zero attached hydrogens (tertiary/aromatic N) is 4. The molecule has 2 N–H and O–H groups in total. The molecule has 2 heterocycles. The Bertz CT molecular complexity index is 465. The summed E-state index contributed by atoms with van der Waals surface area (Å²) in [5.41, 5.74) is 0. The van der Waals surface area contributed by atoms with Crippen molar-refractivity contribution in [1.29, 1.82) is 0 Å². The number of hydrogen-bond donors (Lipinski definition) is 2. The van der Waals surface area contributed by atoms with Crippen molar-refractivity contribution in [3.05, 3.63) is 11.6 Å². The summed E-state index contributed by atoms with van der Waals surface area (Å²) in [5.74, 6) is 3.84. The summed E-state index contributed by atoms with van der Waals surface area (Å²) in [7, 11) is 0. The van der Waals surface area contributed by atoms with Gasteiger partial charge in [0, 0.05) is 26.1 Å². The van der Waals surface area contributed by atoms with E-state index in [1.165, 1.54) is 19.3 Å². The summed E-state index contributed by atoms with van der Waals surface area (Å²) >= 11 is 0. The van der Waals surface area contributed by atoms with E-state index in [1.54, 1.807) is 0 Å². The number of guanidine groups is 1. The van der Waals surface area contributed by atoms with Crippen LogP contribution in [0, 0.1) is 5.92 Å². The summed E-state index contributed by atoms with van der Waals surface area (Å²) in [5, 5.41) is 15.1. The molecule has 7 heteroatoms. The van der Waals surface area contributed by atoms with E-state index in [2.05, 4.69) is 37.3 Å². The zero-order chi connectivity index (χ0) is 13.1. The molecule has 0 spiro atoms. The molecule has 1 aliphatic carbocycles. The minimum atomic E-state index is 0. The van der Waals surface area contributed by atoms with E-state index in [-0.39, 0.29) is 24.0 Å². The van der Waals surface area contributed by atoms with Crippen molar-refractivity contribution >= 4 is 29.9 Å². The maximum Gasteiger partial charge on any atom is 0.191 e. The SMILES string of the molecule is CCNC(=NCc1nnc2n1CCC2)NCC1CC1.I. The smallest absolute Gasteiger partial charge is 0.191 e. The normalized spacial score (nSPS) is 17.6. The van der Waals surface area contributed by atoms with Gasteiger partial charge in [0.15, 0.2) is 11.8 Å². The molecule has 6 nitrogen and oxygen atoms in total. The van der Waals surface area contributed by atoms with Crippen molar-refractivity contribution in [3.63, 3.8) is 0 Å². The molecule has 0 bridgehead atoms. The minimum absolute atomic E-state index is 0. The van der Waals surface area contributed by atoms with Crippen LogP contribution >= 0.6 is 24.0 Å². The highest BCUT2D eigenvalue weighted by Gasteiger charge is 2.21. The maximum atomic E-state index is 4.60. The third-order valence-corrected chi connectivity index (χ3v) is 3.66. The molecule has 1 saturated carbocycles. The summed E-state index contributed by atoms with van der Waals surface area (Å²) in [6, 6.07) is 0. The second-order valence-electron chi connectivity index (χ2n) is 5.31. The van der Waals surface area contributed by atoms with Gasteiger partial charge in [0.1, 0.15) is 12.4 Å². The lowest BCUT2D eigenvalue weighted by Gasteiger charge is -2.10. The number of hydrogen-bond acceptors (Lipinski definition) is 3. The number of halogens is 1. The third kappa shape index (κ3) is 3.83. The molecule has 1 aromatic heterocycles. The summed E-state index contributed by atoms with van der Waals surface area (Å²) in [6.07, 6.45) is 4.94. The van der Waals surface area contributed by atoms with Gasteiger partial charge in [-0.3, -0.25) is 0 Å². The number of aryl methyl sites for hydroxylation is 1. The van der Waals surface area contributed by atoms with Gasteiger partial charge in [-0.25, -0.2) is 4.99 Å². The molecule has 0 aromatic carbocycles. The van der Waals surface area contributed by atoms with Crippen LogP contribution < -0.4 is 10.6 Å². The van der Waals surface area contributed by atoms with Crippen molar-refractivity contribution in [2.24, 2.45) is 10.9 Å². The average Bonchev–Trinajstić information content (AvgIpc) is 2.98. The first-order valence-electron chi connectivity index (χ1n) is 7.30. The lowest BCUT2D eigenvalue weighted by atomic mass is 10.4. The van der Waals surface area contributed by atoms with E-state index in [1.807, 2.05) is 0 Å². The predicted octanol–water partition coefficient (Wildman–Crippen LogP) is 1.31. The van der Waals surface area contributed by atoms with E-state index >= 15 is 0 Å². The molecular weight excluding hydrogens is 367 g/mol. The second-order valence-corrected chi connectivity index (χ2v) is 5.31. The molecule has 0 amide bonds. The van der Waals surface area contributed by atoms with Gasteiger partial charge in [0.25, 0.3) is 0 Å². The minimum Gasteiger partial charge on any atom is -0.357 e. The highest BCUT2D eigenvalue weighted by molar-refractivity contribution is 14.0. The number of nitrogens with one attached hydrogen (secondary N) is 2. The van der Waals surface area contributed by atoms with Crippen molar-refractivity contribution in [1.82, 2.24) is 25.4 Å². The second kappa shape index (κ2) is 7.24. The Balaban J connectivity index is 0.00000147. The highest BCUT2D eigenvalue weighted by atomic mass is 127. The molecule has 112 valence electrons. The highest BCUT2D eigenvalue weighted by Crippen LogP contribution is 2.27. The van der Waals surface area contributed by atoms with Gasteiger partial charge >= 0.3 is 0 Å². The number of aliphatic imine (C=N–C) groups is 1. The molecule has 0 atom stereocenters. The third-order valence-electron chi connectivity index (χ3n) is 3.66. The van der Waals surface area contributed by atoms with Gasteiger partial charge in [-0.15, -0.1) is 34.2 Å². The van der Waals surface area contributed by atoms with Crippen LogP contribution in [-0.4, -0.2) is 33.8 Å². The van der Waals surface area contributed by atoms with Gasteiger partial charge in [0.2, 0.25) is 0 Å². The topological polar surface area (TPSA) is 67.1 Å². The van der Waals surface area contributed by atoms with E-state index in [4.69, 9.17) is 0 Å². The van der Waals surface area contributed by atoms with E-state index in [0.29, 0.717) is 6.54 Å². The van der Waals surface area contributed by atoms with Crippen LogP contribution in [0.2, 0.25) is 0 Å². The fourth-order valence-corrected chi connectivity index (χ4v) is 2.38. The van der Waals surface area contributed by atoms with Crippen LogP contribution in [0.25, 0.3) is 0 Å². The van der Waals surface area contributed by atoms with Gasteiger partial charge in [-0.2, -0.15) is 0 Å². The van der Waals surface area contributed by atoms with Gasteiger partial charge in [-0.05, 0) is 32.1 Å². The van der Waals surface area contributed by atoms with Crippen LogP contribution in [0.1, 0.15) is 37.8 Å². The van der Waals surface area contributed by atoms with Gasteiger partial charge < -0.3 is 15.2 Å². The number of aromatic nitrogens is 3. The Labute approximate surface area is 136 Å². The zero-order valence-electron chi connectivity index (χ0n) is 11.9. The Hall–Kier alpha value is -0.860. The fourth-order valence-electron chi connectivity index (χ4n) is 2.38. The van der Waals surface area contributed by atoms with Crippen molar-refractivity contribution in [2.75, 3.05) is 13.1 Å². The molecule has 1 aromatic rings. The quantitative estimate of drug-likeness (QED) is 0.452. The van der Waals surface area contributed by atoms with Crippen molar-refractivity contribution in [3.8, 4) is 0 Å². The first-order valence-corrected chi connectivity index (χ1v) is 7.30. The Morgan fingerprint density at radius 1 is 1.35 bits per heavy atom. The molecule has 1 fully saturated rings. The van der Waals surface area contributed by atoms with Crippen molar-refractivity contribution in [2.45, 2.75) is 45.7 Å². The Morgan fingerprint density at radius 3 is 2.95 bits per heavy atom.